The van der Waals surface area contributed by atoms with E-state index in [1.54, 1.807) is 25.1 Å². The van der Waals surface area contributed by atoms with Crippen LogP contribution in [0.3, 0.4) is 0 Å². The van der Waals surface area contributed by atoms with Crippen molar-refractivity contribution in [3.8, 4) is 11.5 Å². The number of aliphatic hydroxyl groups is 1. The zero-order valence-electron chi connectivity index (χ0n) is 20.1. The SMILES string of the molecule is CCN(C)Cc1ccccc1O.CCN(CCN(C)C[C@H](C)O)Cc1ccccc1[O-].[Fe]. The topological polar surface area (TPSA) is 73.2 Å². The largest absolute Gasteiger partial charge is 0.872 e. The molecule has 1 atom stereocenters. The number of aliphatic hydroxyl groups excluding tert-OH is 1. The number of rotatable bonds is 11. The van der Waals surface area contributed by atoms with Gasteiger partial charge in [-0.2, -0.15) is 0 Å². The van der Waals surface area contributed by atoms with E-state index in [0.29, 0.717) is 18.8 Å². The van der Waals surface area contributed by atoms with Gasteiger partial charge in [-0.15, -0.1) is 5.75 Å². The third-order valence-electron chi connectivity index (χ3n) is 5.16. The van der Waals surface area contributed by atoms with Crippen molar-refractivity contribution in [2.24, 2.45) is 0 Å². The van der Waals surface area contributed by atoms with E-state index in [-0.39, 0.29) is 28.9 Å². The minimum Gasteiger partial charge on any atom is -0.872 e. The smallest absolute Gasteiger partial charge is 0.120 e. The molecule has 0 fully saturated rings. The minimum absolute atomic E-state index is 0. The van der Waals surface area contributed by atoms with Crippen LogP contribution in [0.15, 0.2) is 48.5 Å². The zero-order chi connectivity index (χ0) is 23.2. The molecule has 0 saturated carbocycles. The number of phenolic OH excluding ortho intramolecular Hbond substituents is 1. The molecule has 0 heterocycles. The van der Waals surface area contributed by atoms with E-state index in [1.807, 2.05) is 44.4 Å². The average Bonchev–Trinajstić information content (AvgIpc) is 2.74. The molecule has 0 bridgehead atoms. The van der Waals surface area contributed by atoms with E-state index in [0.717, 1.165) is 43.9 Å². The second-order valence-electron chi connectivity index (χ2n) is 8.05. The third-order valence-corrected chi connectivity index (χ3v) is 5.16. The van der Waals surface area contributed by atoms with Gasteiger partial charge >= 0.3 is 0 Å². The number of benzene rings is 2. The normalized spacial score (nSPS) is 11.8. The summed E-state index contributed by atoms with van der Waals surface area (Å²) in [4.78, 5) is 6.50. The van der Waals surface area contributed by atoms with Crippen molar-refractivity contribution in [3.05, 3.63) is 59.7 Å². The average molecular weight is 486 g/mol. The van der Waals surface area contributed by atoms with Crippen LogP contribution in [0.4, 0.5) is 0 Å². The van der Waals surface area contributed by atoms with Crippen molar-refractivity contribution in [2.75, 3.05) is 46.8 Å². The first-order valence-electron chi connectivity index (χ1n) is 11.1. The Morgan fingerprint density at radius 3 is 1.97 bits per heavy atom. The third kappa shape index (κ3) is 12.4. The van der Waals surface area contributed by atoms with E-state index >= 15 is 0 Å². The van der Waals surface area contributed by atoms with Crippen LogP contribution in [0.1, 0.15) is 31.9 Å². The summed E-state index contributed by atoms with van der Waals surface area (Å²) in [7, 11) is 4.04. The minimum atomic E-state index is -0.303. The summed E-state index contributed by atoms with van der Waals surface area (Å²) in [5.74, 6) is 0.496. The van der Waals surface area contributed by atoms with Gasteiger partial charge in [0.2, 0.25) is 0 Å². The van der Waals surface area contributed by atoms with Gasteiger partial charge in [-0.05, 0) is 45.7 Å². The molecule has 0 aromatic heterocycles. The van der Waals surface area contributed by atoms with E-state index in [9.17, 15) is 15.3 Å². The number of likely N-dealkylation sites (N-methyl/N-ethyl adjacent to an activating group) is 2. The van der Waals surface area contributed by atoms with Crippen molar-refractivity contribution in [1.29, 1.82) is 0 Å². The van der Waals surface area contributed by atoms with E-state index in [1.165, 1.54) is 0 Å². The van der Waals surface area contributed by atoms with Gasteiger partial charge in [0.05, 0.1) is 6.10 Å². The molecule has 0 amide bonds. The summed E-state index contributed by atoms with van der Waals surface area (Å²) in [6.45, 7) is 11.9. The van der Waals surface area contributed by atoms with Crippen LogP contribution in [0, 0.1) is 0 Å². The van der Waals surface area contributed by atoms with Crippen molar-refractivity contribution in [3.63, 3.8) is 0 Å². The van der Waals surface area contributed by atoms with Gasteiger partial charge in [-0.25, -0.2) is 0 Å². The molecule has 0 aliphatic rings. The van der Waals surface area contributed by atoms with Crippen LogP contribution >= 0.6 is 0 Å². The fourth-order valence-electron chi connectivity index (χ4n) is 3.13. The number of phenols is 1. The predicted molar refractivity (Wildman–Crippen MR) is 126 cm³/mol. The van der Waals surface area contributed by atoms with E-state index in [4.69, 9.17) is 0 Å². The summed E-state index contributed by atoms with van der Waals surface area (Å²) in [6, 6.07) is 14.6. The van der Waals surface area contributed by atoms with Gasteiger partial charge in [0.15, 0.2) is 0 Å². The number of para-hydroxylation sites is 2. The van der Waals surface area contributed by atoms with E-state index in [2.05, 4.69) is 28.5 Å². The molecule has 2 rings (SSSR count). The predicted octanol–water partition coefficient (Wildman–Crippen LogP) is 2.74. The molecule has 0 radical (unpaired) electrons. The van der Waals surface area contributed by atoms with Gasteiger partial charge < -0.3 is 25.1 Å². The molecule has 0 aliphatic heterocycles. The van der Waals surface area contributed by atoms with Crippen LogP contribution in [0.25, 0.3) is 0 Å². The van der Waals surface area contributed by atoms with Crippen molar-refractivity contribution < 1.29 is 32.4 Å². The Bertz CT molecular complexity index is 746. The molecule has 182 valence electrons. The van der Waals surface area contributed by atoms with Crippen LogP contribution in [-0.4, -0.2) is 77.8 Å². The van der Waals surface area contributed by atoms with Gasteiger partial charge in [0.25, 0.3) is 0 Å². The molecule has 2 N–H and O–H groups in total. The van der Waals surface area contributed by atoms with Gasteiger partial charge in [-0.3, -0.25) is 4.90 Å². The molecule has 0 saturated heterocycles. The van der Waals surface area contributed by atoms with Crippen LogP contribution in [0.5, 0.6) is 11.5 Å². The molecule has 32 heavy (non-hydrogen) atoms. The van der Waals surface area contributed by atoms with Gasteiger partial charge in [-0.1, -0.05) is 56.3 Å². The van der Waals surface area contributed by atoms with Gasteiger partial charge in [0, 0.05) is 55.4 Å². The quantitative estimate of drug-likeness (QED) is 0.476. The van der Waals surface area contributed by atoms with Crippen molar-refractivity contribution >= 4 is 0 Å². The second kappa shape index (κ2) is 17.0. The standard InChI is InChI=1S/C15H26N2O2.C10H15NO.Fe/c1-4-17(10-9-16(3)11-13(2)18)12-14-7-5-6-8-15(14)19;1-3-11(2)8-9-6-4-5-7-10(9)12;/h5-8,13,18-19H,4,9-12H2,1-3H3;4-7,12H,3,8H2,1-2H3;/p-1/t13-;;/m0../s1. The van der Waals surface area contributed by atoms with Crippen molar-refractivity contribution in [2.45, 2.75) is 40.0 Å². The summed E-state index contributed by atoms with van der Waals surface area (Å²) >= 11 is 0. The summed E-state index contributed by atoms with van der Waals surface area (Å²) in [5, 5.41) is 30.4. The van der Waals surface area contributed by atoms with E-state index < -0.39 is 0 Å². The number of aromatic hydroxyl groups is 1. The molecule has 2 aromatic rings. The molecule has 0 aliphatic carbocycles. The molecule has 2 aromatic carbocycles. The Hall–Kier alpha value is -1.60. The molecule has 0 spiro atoms. The molecule has 6 nitrogen and oxygen atoms in total. The van der Waals surface area contributed by atoms with Crippen LogP contribution in [0.2, 0.25) is 0 Å². The second-order valence-corrected chi connectivity index (χ2v) is 8.05. The molecular weight excluding hydrogens is 446 g/mol. The fraction of sp³-hybridized carbons (Fsp3) is 0.520. The van der Waals surface area contributed by atoms with Crippen LogP contribution < -0.4 is 5.11 Å². The molecule has 7 heteroatoms. The zero-order valence-corrected chi connectivity index (χ0v) is 21.2. The number of hydrogen-bond donors (Lipinski definition) is 2. The maximum atomic E-state index is 11.7. The van der Waals surface area contributed by atoms with Crippen molar-refractivity contribution in [1.82, 2.24) is 14.7 Å². The number of hydrogen-bond acceptors (Lipinski definition) is 6. The van der Waals surface area contributed by atoms with Gasteiger partial charge in [0.1, 0.15) is 5.75 Å². The number of nitrogens with zero attached hydrogens (tertiary/aromatic N) is 3. The monoisotopic (exact) mass is 486 g/mol. The Morgan fingerprint density at radius 2 is 1.44 bits per heavy atom. The Kier molecular flexibility index (Phi) is 16.1. The Labute approximate surface area is 204 Å². The molecule has 0 unspecified atom stereocenters. The first kappa shape index (κ1) is 30.4. The summed E-state index contributed by atoms with van der Waals surface area (Å²) < 4.78 is 0. The first-order valence-corrected chi connectivity index (χ1v) is 11.1. The first-order chi connectivity index (χ1) is 14.8. The summed E-state index contributed by atoms with van der Waals surface area (Å²) in [5.41, 5.74) is 1.84. The Balaban J connectivity index is 0.000000639. The Morgan fingerprint density at radius 1 is 0.844 bits per heavy atom. The molecular formula is C25H40FeN3O3-. The summed E-state index contributed by atoms with van der Waals surface area (Å²) in [6.07, 6.45) is -0.303. The maximum Gasteiger partial charge on any atom is 0.120 e. The fourth-order valence-corrected chi connectivity index (χ4v) is 3.13. The maximum absolute atomic E-state index is 11.7. The van der Waals surface area contributed by atoms with Crippen LogP contribution in [-0.2, 0) is 30.2 Å².